The van der Waals surface area contributed by atoms with Gasteiger partial charge in [0.15, 0.2) is 0 Å². The Labute approximate surface area is 184 Å². The van der Waals surface area contributed by atoms with Crippen LogP contribution in [-0.2, 0) is 20.0 Å². The first kappa shape index (κ1) is 22.8. The molecule has 0 saturated heterocycles. The van der Waals surface area contributed by atoms with E-state index >= 15 is 0 Å². The summed E-state index contributed by atoms with van der Waals surface area (Å²) < 4.78 is 56.2. The molecule has 31 heavy (non-hydrogen) atoms. The van der Waals surface area contributed by atoms with Crippen LogP contribution in [0.5, 0.6) is 0 Å². The Hall–Kier alpha value is -2.84. The first-order valence-electron chi connectivity index (χ1n) is 9.70. The number of rotatable bonds is 6. The lowest BCUT2D eigenvalue weighted by molar-refractivity contribution is 0.599. The van der Waals surface area contributed by atoms with Crippen LogP contribution >= 0.6 is 0 Å². The predicted molar refractivity (Wildman–Crippen MR) is 125 cm³/mol. The van der Waals surface area contributed by atoms with E-state index in [2.05, 4.69) is 9.44 Å². The van der Waals surface area contributed by atoms with E-state index in [-0.39, 0.29) is 15.5 Å². The fourth-order valence-corrected chi connectivity index (χ4v) is 6.08. The third-order valence-corrected chi connectivity index (χ3v) is 8.13. The Bertz CT molecular complexity index is 1320. The molecule has 0 aliphatic rings. The predicted octanol–water partition coefficient (Wildman–Crippen LogP) is 4.83. The van der Waals surface area contributed by atoms with Gasteiger partial charge in [0.1, 0.15) is 0 Å². The molecule has 3 rings (SSSR count). The zero-order valence-electron chi connectivity index (χ0n) is 18.1. The maximum Gasteiger partial charge on any atom is 0.262 e. The van der Waals surface area contributed by atoms with Crippen LogP contribution in [0.2, 0.25) is 0 Å². The number of anilines is 2. The summed E-state index contributed by atoms with van der Waals surface area (Å²) in [6, 6.07) is 14.6. The summed E-state index contributed by atoms with van der Waals surface area (Å²) in [5.41, 5.74) is 5.09. The van der Waals surface area contributed by atoms with Crippen LogP contribution in [0.15, 0.2) is 64.4 Å². The van der Waals surface area contributed by atoms with Gasteiger partial charge >= 0.3 is 0 Å². The molecule has 0 aliphatic heterocycles. The summed E-state index contributed by atoms with van der Waals surface area (Å²) in [5, 5.41) is 0. The van der Waals surface area contributed by atoms with Gasteiger partial charge in [-0.2, -0.15) is 0 Å². The van der Waals surface area contributed by atoms with Crippen molar-refractivity contribution in [1.29, 1.82) is 0 Å². The van der Waals surface area contributed by atoms with Crippen molar-refractivity contribution in [3.8, 4) is 0 Å². The number of nitrogens with one attached hydrogen (secondary N) is 2. The highest BCUT2D eigenvalue weighted by Gasteiger charge is 2.21. The first-order chi connectivity index (χ1) is 14.4. The Morgan fingerprint density at radius 3 is 1.61 bits per heavy atom. The minimum Gasteiger partial charge on any atom is -0.280 e. The maximum atomic E-state index is 12.9. The minimum absolute atomic E-state index is 0.0383. The Morgan fingerprint density at radius 1 is 0.548 bits per heavy atom. The van der Waals surface area contributed by atoms with Crippen molar-refractivity contribution >= 4 is 31.4 Å². The van der Waals surface area contributed by atoms with E-state index in [9.17, 15) is 16.8 Å². The average molecular weight is 459 g/mol. The second-order valence-corrected chi connectivity index (χ2v) is 11.1. The molecule has 0 aromatic heterocycles. The lowest BCUT2D eigenvalue weighted by Crippen LogP contribution is -2.16. The molecule has 0 bridgehead atoms. The van der Waals surface area contributed by atoms with Gasteiger partial charge in [0.05, 0.1) is 9.79 Å². The zero-order chi connectivity index (χ0) is 23.0. The number of sulfonamides is 2. The monoisotopic (exact) mass is 458 g/mol. The summed E-state index contributed by atoms with van der Waals surface area (Å²) in [6.07, 6.45) is 0. The molecule has 2 N–H and O–H groups in total. The molecule has 0 amide bonds. The van der Waals surface area contributed by atoms with E-state index in [1.54, 1.807) is 26.0 Å². The number of hydrogen-bond acceptors (Lipinski definition) is 4. The van der Waals surface area contributed by atoms with Crippen LogP contribution in [0.3, 0.4) is 0 Å². The van der Waals surface area contributed by atoms with Crippen LogP contribution in [0, 0.1) is 34.6 Å². The average Bonchev–Trinajstić information content (AvgIpc) is 2.63. The molecule has 0 atom stereocenters. The number of aryl methyl sites for hydroxylation is 5. The van der Waals surface area contributed by atoms with Gasteiger partial charge in [0.25, 0.3) is 20.0 Å². The van der Waals surface area contributed by atoms with Crippen LogP contribution in [0.1, 0.15) is 27.8 Å². The van der Waals surface area contributed by atoms with Crippen LogP contribution < -0.4 is 9.44 Å². The fraction of sp³-hybridized carbons (Fsp3) is 0.217. The van der Waals surface area contributed by atoms with Gasteiger partial charge in [-0.05, 0) is 93.3 Å². The fourth-order valence-electron chi connectivity index (χ4n) is 3.52. The van der Waals surface area contributed by atoms with Gasteiger partial charge in [-0.3, -0.25) is 9.44 Å². The first-order valence-corrected chi connectivity index (χ1v) is 12.7. The molecule has 0 radical (unpaired) electrons. The summed E-state index contributed by atoms with van der Waals surface area (Å²) in [6.45, 7) is 9.28. The van der Waals surface area contributed by atoms with E-state index in [0.29, 0.717) is 16.8 Å². The van der Waals surface area contributed by atoms with E-state index in [4.69, 9.17) is 0 Å². The SMILES string of the molecule is Cc1cc(C)c(S(=O)(=O)Nc2ccc(S(=O)(=O)Nc3ccc(C)c(C)c3)cc2)c(C)c1. The molecule has 0 aliphatic carbocycles. The van der Waals surface area contributed by atoms with Gasteiger partial charge in [0.2, 0.25) is 0 Å². The lowest BCUT2D eigenvalue weighted by Gasteiger charge is -2.14. The van der Waals surface area contributed by atoms with Crippen LogP contribution in [0.25, 0.3) is 0 Å². The maximum absolute atomic E-state index is 12.9. The Kier molecular flexibility index (Phi) is 6.16. The molecule has 0 fully saturated rings. The van der Waals surface area contributed by atoms with E-state index < -0.39 is 20.0 Å². The van der Waals surface area contributed by atoms with Crippen molar-refractivity contribution in [3.05, 3.63) is 82.4 Å². The minimum atomic E-state index is -3.81. The number of benzene rings is 3. The molecule has 3 aromatic rings. The molecule has 6 nitrogen and oxygen atoms in total. The number of hydrogen-bond donors (Lipinski definition) is 2. The largest absolute Gasteiger partial charge is 0.280 e. The van der Waals surface area contributed by atoms with E-state index in [0.717, 1.165) is 16.7 Å². The van der Waals surface area contributed by atoms with E-state index in [1.165, 1.54) is 24.3 Å². The smallest absolute Gasteiger partial charge is 0.262 e. The second kappa shape index (κ2) is 8.36. The van der Waals surface area contributed by atoms with Crippen LogP contribution in [-0.4, -0.2) is 16.8 Å². The molecular weight excluding hydrogens is 432 g/mol. The molecule has 3 aromatic carbocycles. The second-order valence-electron chi connectivity index (χ2n) is 7.76. The van der Waals surface area contributed by atoms with Gasteiger partial charge in [0, 0.05) is 11.4 Å². The molecule has 0 heterocycles. The van der Waals surface area contributed by atoms with Crippen molar-refractivity contribution < 1.29 is 16.8 Å². The van der Waals surface area contributed by atoms with E-state index in [1.807, 2.05) is 39.0 Å². The Balaban J connectivity index is 1.83. The molecule has 164 valence electrons. The van der Waals surface area contributed by atoms with Crippen molar-refractivity contribution in [2.45, 2.75) is 44.4 Å². The molecule has 0 unspecified atom stereocenters. The highest BCUT2D eigenvalue weighted by Crippen LogP contribution is 2.25. The molecular formula is C23H26N2O4S2. The quantitative estimate of drug-likeness (QED) is 0.553. The normalized spacial score (nSPS) is 11.9. The lowest BCUT2D eigenvalue weighted by atomic mass is 10.1. The highest BCUT2D eigenvalue weighted by molar-refractivity contribution is 7.93. The third kappa shape index (κ3) is 5.08. The topological polar surface area (TPSA) is 92.3 Å². The summed E-state index contributed by atoms with van der Waals surface area (Å²) >= 11 is 0. The van der Waals surface area contributed by atoms with Crippen molar-refractivity contribution in [2.24, 2.45) is 0 Å². The molecule has 0 spiro atoms. The molecule has 0 saturated carbocycles. The van der Waals surface area contributed by atoms with Crippen molar-refractivity contribution in [3.63, 3.8) is 0 Å². The summed E-state index contributed by atoms with van der Waals surface area (Å²) in [7, 11) is -7.61. The zero-order valence-corrected chi connectivity index (χ0v) is 19.8. The van der Waals surface area contributed by atoms with Crippen LogP contribution in [0.4, 0.5) is 11.4 Å². The third-order valence-electron chi connectivity index (χ3n) is 5.05. The Morgan fingerprint density at radius 2 is 1.06 bits per heavy atom. The van der Waals surface area contributed by atoms with Gasteiger partial charge < -0.3 is 0 Å². The highest BCUT2D eigenvalue weighted by atomic mass is 32.2. The van der Waals surface area contributed by atoms with Gasteiger partial charge in [-0.15, -0.1) is 0 Å². The standard InChI is InChI=1S/C23H26N2O4S2/c1-15-12-18(4)23(19(5)13-15)31(28,29)24-20-8-10-22(11-9-20)30(26,27)25-21-7-6-16(2)17(3)14-21/h6-14,24-25H,1-5H3. The van der Waals surface area contributed by atoms with Gasteiger partial charge in [-0.1, -0.05) is 23.8 Å². The summed E-state index contributed by atoms with van der Waals surface area (Å²) in [5.74, 6) is 0. The van der Waals surface area contributed by atoms with Gasteiger partial charge in [-0.25, -0.2) is 16.8 Å². The van der Waals surface area contributed by atoms with Crippen molar-refractivity contribution in [1.82, 2.24) is 0 Å². The molecule has 8 heteroatoms. The van der Waals surface area contributed by atoms with Crippen molar-refractivity contribution in [2.75, 3.05) is 9.44 Å². The summed E-state index contributed by atoms with van der Waals surface area (Å²) in [4.78, 5) is 0.266.